The minimum absolute atomic E-state index is 0.0378. The lowest BCUT2D eigenvalue weighted by molar-refractivity contribution is -0.141. The Morgan fingerprint density at radius 3 is 2.15 bits per heavy atom. The van der Waals surface area contributed by atoms with Gasteiger partial charge in [-0.25, -0.2) is 0 Å². The number of amides is 3. The molecule has 3 unspecified atom stereocenters. The van der Waals surface area contributed by atoms with Crippen molar-refractivity contribution in [2.45, 2.75) is 44.3 Å². The van der Waals surface area contributed by atoms with Gasteiger partial charge in [-0.2, -0.15) is 0 Å². The van der Waals surface area contributed by atoms with Gasteiger partial charge in [-0.15, -0.1) is 0 Å². The summed E-state index contributed by atoms with van der Waals surface area (Å²) in [4.78, 5) is 52.3. The summed E-state index contributed by atoms with van der Waals surface area (Å²) in [5.74, 6) is -3.29. The van der Waals surface area contributed by atoms with E-state index >= 15 is 0 Å². The van der Waals surface area contributed by atoms with Crippen LogP contribution in [0.25, 0.3) is 0 Å². The van der Waals surface area contributed by atoms with Crippen LogP contribution in [-0.2, 0) is 25.6 Å². The molecule has 13 nitrogen and oxygen atoms in total. The van der Waals surface area contributed by atoms with E-state index in [1.165, 1.54) is 19.1 Å². The molecule has 13 heteroatoms. The van der Waals surface area contributed by atoms with E-state index in [2.05, 4.69) is 20.9 Å². The summed E-state index contributed by atoms with van der Waals surface area (Å²) in [6, 6.07) is 2.67. The fourth-order valence-electron chi connectivity index (χ4n) is 2.75. The van der Waals surface area contributed by atoms with E-state index in [1.54, 1.807) is 12.1 Å². The molecule has 0 saturated heterocycles. The van der Waals surface area contributed by atoms with Crippen LogP contribution in [0.3, 0.4) is 0 Å². The van der Waals surface area contributed by atoms with Gasteiger partial charge in [0.2, 0.25) is 17.7 Å². The number of hydrogen-bond acceptors (Lipinski definition) is 7. The van der Waals surface area contributed by atoms with Crippen molar-refractivity contribution in [3.8, 4) is 5.75 Å². The molecule has 0 bridgehead atoms. The molecule has 0 heterocycles. The molecule has 0 aliphatic carbocycles. The number of benzene rings is 1. The second kappa shape index (κ2) is 13.5. The molecule has 182 valence electrons. The highest BCUT2D eigenvalue weighted by atomic mass is 16.4. The van der Waals surface area contributed by atoms with Crippen molar-refractivity contribution in [1.82, 2.24) is 16.0 Å². The Labute approximate surface area is 190 Å². The predicted octanol–water partition coefficient (Wildman–Crippen LogP) is -2.49. The summed E-state index contributed by atoms with van der Waals surface area (Å²) < 4.78 is 0. The minimum atomic E-state index is -1.24. The normalized spacial score (nSPS) is 13.2. The van der Waals surface area contributed by atoms with Gasteiger partial charge in [0, 0.05) is 13.0 Å². The molecule has 0 spiro atoms. The molecule has 0 fully saturated rings. The number of aliphatic carboxylic acids is 1. The number of aliphatic imine (C=N–C) groups is 1. The lowest BCUT2D eigenvalue weighted by Crippen LogP contribution is -2.56. The molecule has 3 atom stereocenters. The van der Waals surface area contributed by atoms with Gasteiger partial charge in [0.25, 0.3) is 0 Å². The topological polar surface area (TPSA) is 235 Å². The van der Waals surface area contributed by atoms with Gasteiger partial charge in [0.15, 0.2) is 5.96 Å². The quantitative estimate of drug-likeness (QED) is 0.0872. The van der Waals surface area contributed by atoms with Crippen molar-refractivity contribution in [3.05, 3.63) is 29.8 Å². The van der Waals surface area contributed by atoms with Gasteiger partial charge in [-0.3, -0.25) is 24.2 Å². The first-order chi connectivity index (χ1) is 15.5. The summed E-state index contributed by atoms with van der Waals surface area (Å²) in [6.07, 6.45) is 0.485. The van der Waals surface area contributed by atoms with E-state index in [1.807, 2.05) is 0 Å². The van der Waals surface area contributed by atoms with Crippen LogP contribution in [0.5, 0.6) is 5.75 Å². The fraction of sp³-hybridized carbons (Fsp3) is 0.450. The SMILES string of the molecule is CC(NC(=O)C(CCCN=C(N)N)NC(=O)C(Cc1ccc(O)cc1)NC(=O)CN)C(=O)O. The number of carbonyl (C=O) groups is 4. The van der Waals surface area contributed by atoms with Gasteiger partial charge in [-0.05, 0) is 37.5 Å². The fourth-order valence-corrected chi connectivity index (χ4v) is 2.75. The second-order valence-electron chi connectivity index (χ2n) is 7.27. The maximum atomic E-state index is 13.0. The number of carbonyl (C=O) groups excluding carboxylic acids is 3. The van der Waals surface area contributed by atoms with Gasteiger partial charge >= 0.3 is 5.97 Å². The van der Waals surface area contributed by atoms with Crippen LogP contribution in [0.1, 0.15) is 25.3 Å². The molecule has 0 aliphatic heterocycles. The van der Waals surface area contributed by atoms with Crippen molar-refractivity contribution >= 4 is 29.7 Å². The third-order valence-electron chi connectivity index (χ3n) is 4.52. The average Bonchev–Trinajstić information content (AvgIpc) is 2.76. The highest BCUT2D eigenvalue weighted by Crippen LogP contribution is 2.12. The van der Waals surface area contributed by atoms with Gasteiger partial charge in [0.05, 0.1) is 6.54 Å². The number of nitrogens with two attached hydrogens (primary N) is 3. The summed E-state index contributed by atoms with van der Waals surface area (Å²) in [5, 5.41) is 25.8. The Kier molecular flexibility index (Phi) is 11.1. The summed E-state index contributed by atoms with van der Waals surface area (Å²) in [5.41, 5.74) is 16.5. The molecule has 1 rings (SSSR count). The third kappa shape index (κ3) is 10.3. The lowest BCUT2D eigenvalue weighted by atomic mass is 10.0. The zero-order valence-electron chi connectivity index (χ0n) is 18.3. The number of guanidine groups is 1. The summed E-state index contributed by atoms with van der Waals surface area (Å²) in [6.45, 7) is 1.13. The number of carboxylic acids is 1. The Morgan fingerprint density at radius 2 is 1.61 bits per heavy atom. The first-order valence-corrected chi connectivity index (χ1v) is 10.2. The van der Waals surface area contributed by atoms with Gasteiger partial charge in [0.1, 0.15) is 23.9 Å². The monoisotopic (exact) mass is 465 g/mol. The minimum Gasteiger partial charge on any atom is -0.508 e. The number of nitrogens with one attached hydrogen (secondary N) is 3. The number of rotatable bonds is 13. The van der Waals surface area contributed by atoms with Crippen LogP contribution in [0.4, 0.5) is 0 Å². The van der Waals surface area contributed by atoms with Crippen molar-refractivity contribution in [3.63, 3.8) is 0 Å². The van der Waals surface area contributed by atoms with Gasteiger partial charge < -0.3 is 43.4 Å². The molecular weight excluding hydrogens is 434 g/mol. The van der Waals surface area contributed by atoms with Crippen molar-refractivity contribution in [2.24, 2.45) is 22.2 Å². The Bertz CT molecular complexity index is 855. The van der Waals surface area contributed by atoms with E-state index in [0.29, 0.717) is 12.0 Å². The molecule has 0 aliphatic rings. The smallest absolute Gasteiger partial charge is 0.325 e. The molecule has 1 aromatic rings. The molecule has 0 aromatic heterocycles. The first-order valence-electron chi connectivity index (χ1n) is 10.2. The maximum absolute atomic E-state index is 13.0. The zero-order valence-corrected chi connectivity index (χ0v) is 18.3. The largest absolute Gasteiger partial charge is 0.508 e. The molecule has 0 saturated carbocycles. The third-order valence-corrected chi connectivity index (χ3v) is 4.52. The number of carboxylic acid groups (broad SMARTS) is 1. The molecular formula is C20H31N7O6. The highest BCUT2D eigenvalue weighted by molar-refractivity contribution is 5.93. The number of phenolic OH excluding ortho intramolecular Hbond substituents is 1. The first kappa shape index (κ1) is 27.2. The molecule has 33 heavy (non-hydrogen) atoms. The molecule has 3 amide bonds. The summed E-state index contributed by atoms with van der Waals surface area (Å²) in [7, 11) is 0. The average molecular weight is 466 g/mol. The number of nitrogens with zero attached hydrogens (tertiary/aromatic N) is 1. The number of phenols is 1. The van der Waals surface area contributed by atoms with E-state index in [9.17, 15) is 24.3 Å². The standard InChI is InChI=1S/C20H31N7O6/c1-11(19(32)33)25-17(30)14(3-2-8-24-20(22)23)27-18(31)15(26-16(29)10-21)9-12-4-6-13(28)7-5-12/h4-7,11,14-15,28H,2-3,8-10,21H2,1H3,(H,25,30)(H,26,29)(H,27,31)(H,32,33)(H4,22,23,24). The van der Waals surface area contributed by atoms with Crippen molar-refractivity contribution < 1.29 is 29.4 Å². The van der Waals surface area contributed by atoms with Gasteiger partial charge in [-0.1, -0.05) is 12.1 Å². The van der Waals surface area contributed by atoms with E-state index in [4.69, 9.17) is 22.3 Å². The van der Waals surface area contributed by atoms with Crippen LogP contribution in [0.15, 0.2) is 29.3 Å². The number of aromatic hydroxyl groups is 1. The van der Waals surface area contributed by atoms with Crippen molar-refractivity contribution in [1.29, 1.82) is 0 Å². The van der Waals surface area contributed by atoms with Crippen LogP contribution < -0.4 is 33.2 Å². The zero-order chi connectivity index (χ0) is 25.0. The molecule has 1 aromatic carbocycles. The van der Waals surface area contributed by atoms with Crippen LogP contribution in [0, 0.1) is 0 Å². The Balaban J connectivity index is 3.00. The Hall–Kier alpha value is -3.87. The van der Waals surface area contributed by atoms with Crippen LogP contribution >= 0.6 is 0 Å². The Morgan fingerprint density at radius 1 is 1.00 bits per heavy atom. The van der Waals surface area contributed by atoms with Crippen LogP contribution in [-0.4, -0.2) is 71.1 Å². The second-order valence-corrected chi connectivity index (χ2v) is 7.27. The summed E-state index contributed by atoms with van der Waals surface area (Å²) >= 11 is 0. The highest BCUT2D eigenvalue weighted by Gasteiger charge is 2.28. The molecule has 0 radical (unpaired) electrons. The van der Waals surface area contributed by atoms with E-state index in [-0.39, 0.29) is 37.6 Å². The number of hydrogen-bond donors (Lipinski definition) is 8. The molecule has 11 N–H and O–H groups in total. The van der Waals surface area contributed by atoms with Crippen LogP contribution in [0.2, 0.25) is 0 Å². The lowest BCUT2D eigenvalue weighted by Gasteiger charge is -2.24. The van der Waals surface area contributed by atoms with E-state index < -0.39 is 41.8 Å². The van der Waals surface area contributed by atoms with E-state index in [0.717, 1.165) is 0 Å². The maximum Gasteiger partial charge on any atom is 0.325 e. The predicted molar refractivity (Wildman–Crippen MR) is 120 cm³/mol. The van der Waals surface area contributed by atoms with Crippen molar-refractivity contribution in [2.75, 3.05) is 13.1 Å².